The van der Waals surface area contributed by atoms with Gasteiger partial charge >= 0.3 is 0 Å². The van der Waals surface area contributed by atoms with E-state index in [9.17, 15) is 9.18 Å². The molecule has 1 saturated carbocycles. The molecule has 1 N–H and O–H groups in total. The molecule has 1 aromatic carbocycles. The van der Waals surface area contributed by atoms with Crippen LogP contribution in [0.15, 0.2) is 42.9 Å². The predicted octanol–water partition coefficient (Wildman–Crippen LogP) is 3.02. The van der Waals surface area contributed by atoms with Crippen molar-refractivity contribution in [2.24, 2.45) is 0 Å². The second-order valence-electron chi connectivity index (χ2n) is 7.79. The van der Waals surface area contributed by atoms with Gasteiger partial charge in [-0.1, -0.05) is 0 Å². The summed E-state index contributed by atoms with van der Waals surface area (Å²) in [5, 5.41) is 1.04. The van der Waals surface area contributed by atoms with Gasteiger partial charge in [-0.05, 0) is 49.6 Å². The second kappa shape index (κ2) is 6.67. The quantitative estimate of drug-likeness (QED) is 0.706. The van der Waals surface area contributed by atoms with Crippen LogP contribution in [0.2, 0.25) is 0 Å². The first-order valence-electron chi connectivity index (χ1n) is 9.72. The van der Waals surface area contributed by atoms with E-state index in [4.69, 9.17) is 0 Å². The lowest BCUT2D eigenvalue weighted by atomic mass is 10.1. The number of hydrogen-bond acceptors (Lipinski definition) is 5. The van der Waals surface area contributed by atoms with E-state index in [-0.39, 0.29) is 17.1 Å². The molecule has 2 fully saturated rings. The fraction of sp³-hybridized carbons (Fsp3) is 0.381. The van der Waals surface area contributed by atoms with Crippen molar-refractivity contribution in [2.75, 3.05) is 31.1 Å². The number of carbonyl (C=O) groups is 1. The summed E-state index contributed by atoms with van der Waals surface area (Å²) in [6, 6.07) is 7.86. The molecule has 1 saturated heterocycles. The molecule has 3 aromatic rings. The molecule has 0 unspecified atom stereocenters. The third-order valence-electron chi connectivity index (χ3n) is 5.97. The molecule has 2 aromatic heterocycles. The van der Waals surface area contributed by atoms with E-state index in [1.807, 2.05) is 12.3 Å². The Bertz CT molecular complexity index is 1010. The van der Waals surface area contributed by atoms with E-state index in [1.54, 1.807) is 18.5 Å². The standard InChI is InChI=1S/C21H22FN5O/c22-16-4-2-15(3-5-16)18(28)12-27-11-1-10-26(13-21(27)7-8-21)20-17-6-9-23-19(17)24-14-25-20/h2-6,9,14H,1,7-8,10-13H2,(H,23,24,25). The lowest BCUT2D eigenvalue weighted by molar-refractivity contribution is 0.0884. The van der Waals surface area contributed by atoms with Gasteiger partial charge in [0.2, 0.25) is 0 Å². The number of hydrogen-bond donors (Lipinski definition) is 1. The highest BCUT2D eigenvalue weighted by atomic mass is 19.1. The summed E-state index contributed by atoms with van der Waals surface area (Å²) in [6.07, 6.45) is 6.63. The highest BCUT2D eigenvalue weighted by molar-refractivity contribution is 5.97. The number of aromatic amines is 1. The van der Waals surface area contributed by atoms with E-state index in [0.717, 1.165) is 55.7 Å². The van der Waals surface area contributed by atoms with Crippen molar-refractivity contribution in [1.29, 1.82) is 0 Å². The highest BCUT2D eigenvalue weighted by Gasteiger charge is 2.50. The molecule has 2 aliphatic rings. The van der Waals surface area contributed by atoms with E-state index < -0.39 is 0 Å². The Morgan fingerprint density at radius 1 is 1.14 bits per heavy atom. The number of nitrogens with one attached hydrogen (secondary N) is 1. The normalized spacial score (nSPS) is 19.1. The van der Waals surface area contributed by atoms with Crippen molar-refractivity contribution in [1.82, 2.24) is 19.9 Å². The van der Waals surface area contributed by atoms with Gasteiger partial charge in [0, 0.05) is 36.9 Å². The number of benzene rings is 1. The van der Waals surface area contributed by atoms with Crippen LogP contribution in [-0.4, -0.2) is 57.4 Å². The molecule has 0 amide bonds. The van der Waals surface area contributed by atoms with Crippen LogP contribution in [0, 0.1) is 5.82 Å². The van der Waals surface area contributed by atoms with Gasteiger partial charge < -0.3 is 9.88 Å². The highest BCUT2D eigenvalue weighted by Crippen LogP contribution is 2.44. The molecule has 0 atom stereocenters. The van der Waals surface area contributed by atoms with Crippen molar-refractivity contribution < 1.29 is 9.18 Å². The van der Waals surface area contributed by atoms with E-state index in [1.165, 1.54) is 12.1 Å². The van der Waals surface area contributed by atoms with Crippen LogP contribution in [0.1, 0.15) is 29.6 Å². The molecule has 1 aliphatic carbocycles. The Balaban J connectivity index is 1.36. The summed E-state index contributed by atoms with van der Waals surface area (Å²) >= 11 is 0. The van der Waals surface area contributed by atoms with Crippen LogP contribution >= 0.6 is 0 Å². The fourth-order valence-corrected chi connectivity index (χ4v) is 4.28. The molecule has 0 radical (unpaired) electrons. The number of anilines is 1. The fourth-order valence-electron chi connectivity index (χ4n) is 4.28. The predicted molar refractivity (Wildman–Crippen MR) is 105 cm³/mol. The maximum absolute atomic E-state index is 13.1. The third kappa shape index (κ3) is 3.05. The maximum atomic E-state index is 13.1. The minimum Gasteiger partial charge on any atom is -0.354 e. The van der Waals surface area contributed by atoms with Crippen LogP contribution in [0.25, 0.3) is 11.0 Å². The molecular formula is C21H22FN5O. The minimum absolute atomic E-state index is 0.0276. The zero-order valence-corrected chi connectivity index (χ0v) is 15.6. The zero-order chi connectivity index (χ0) is 19.1. The summed E-state index contributed by atoms with van der Waals surface area (Å²) in [5.41, 5.74) is 1.45. The molecule has 3 heterocycles. The van der Waals surface area contributed by atoms with Gasteiger partial charge in [-0.15, -0.1) is 0 Å². The van der Waals surface area contributed by atoms with Gasteiger partial charge in [-0.25, -0.2) is 14.4 Å². The number of Topliss-reactive ketones (excluding diaryl/α,β-unsaturated/α-hetero) is 1. The second-order valence-corrected chi connectivity index (χ2v) is 7.79. The van der Waals surface area contributed by atoms with Crippen LogP contribution in [0.5, 0.6) is 0 Å². The summed E-state index contributed by atoms with van der Waals surface area (Å²) in [7, 11) is 0. The molecule has 1 spiro atoms. The molecule has 28 heavy (non-hydrogen) atoms. The van der Waals surface area contributed by atoms with Crippen molar-refractivity contribution in [2.45, 2.75) is 24.8 Å². The summed E-state index contributed by atoms with van der Waals surface area (Å²) in [6.45, 7) is 3.02. The van der Waals surface area contributed by atoms with E-state index in [0.29, 0.717) is 12.1 Å². The summed E-state index contributed by atoms with van der Waals surface area (Å²) in [4.78, 5) is 29.4. The molecule has 144 valence electrons. The van der Waals surface area contributed by atoms with Gasteiger partial charge in [0.1, 0.15) is 23.6 Å². The molecule has 1 aliphatic heterocycles. The Morgan fingerprint density at radius 2 is 1.96 bits per heavy atom. The number of carbonyl (C=O) groups excluding carboxylic acids is 1. The third-order valence-corrected chi connectivity index (χ3v) is 5.97. The SMILES string of the molecule is O=C(CN1CCCN(c2ncnc3[nH]ccc23)CC12CC2)c1ccc(F)cc1. The van der Waals surface area contributed by atoms with Gasteiger partial charge in [0.05, 0.1) is 11.9 Å². The summed E-state index contributed by atoms with van der Waals surface area (Å²) in [5.74, 6) is 0.695. The Labute approximate surface area is 162 Å². The topological polar surface area (TPSA) is 65.1 Å². The van der Waals surface area contributed by atoms with Crippen molar-refractivity contribution in [3.05, 3.63) is 54.2 Å². The first-order valence-corrected chi connectivity index (χ1v) is 9.72. The largest absolute Gasteiger partial charge is 0.354 e. The summed E-state index contributed by atoms with van der Waals surface area (Å²) < 4.78 is 13.1. The van der Waals surface area contributed by atoms with Gasteiger partial charge in [0.25, 0.3) is 0 Å². The lowest BCUT2D eigenvalue weighted by Crippen LogP contribution is -2.45. The zero-order valence-electron chi connectivity index (χ0n) is 15.6. The molecule has 6 nitrogen and oxygen atoms in total. The number of H-pyrrole nitrogens is 1. The van der Waals surface area contributed by atoms with E-state index >= 15 is 0 Å². The monoisotopic (exact) mass is 379 g/mol. The lowest BCUT2D eigenvalue weighted by Gasteiger charge is -2.32. The molecule has 0 bridgehead atoms. The van der Waals surface area contributed by atoms with Crippen molar-refractivity contribution in [3.8, 4) is 0 Å². The molecule has 5 rings (SSSR count). The Hall–Kier alpha value is -2.80. The molecular weight excluding hydrogens is 357 g/mol. The van der Waals surface area contributed by atoms with Gasteiger partial charge in [-0.2, -0.15) is 0 Å². The Morgan fingerprint density at radius 3 is 2.75 bits per heavy atom. The average molecular weight is 379 g/mol. The number of ketones is 1. The van der Waals surface area contributed by atoms with Gasteiger partial charge in [0.15, 0.2) is 5.78 Å². The number of halogens is 1. The first-order chi connectivity index (χ1) is 13.6. The van der Waals surface area contributed by atoms with Gasteiger partial charge in [-0.3, -0.25) is 9.69 Å². The number of nitrogens with zero attached hydrogens (tertiary/aromatic N) is 4. The van der Waals surface area contributed by atoms with E-state index in [2.05, 4.69) is 24.8 Å². The van der Waals surface area contributed by atoms with Crippen LogP contribution in [0.3, 0.4) is 0 Å². The van der Waals surface area contributed by atoms with Crippen LogP contribution in [-0.2, 0) is 0 Å². The first kappa shape index (κ1) is 17.3. The number of aromatic nitrogens is 3. The van der Waals surface area contributed by atoms with Crippen molar-refractivity contribution in [3.63, 3.8) is 0 Å². The minimum atomic E-state index is -0.318. The number of fused-ring (bicyclic) bond motifs is 1. The Kier molecular flexibility index (Phi) is 4.12. The van der Waals surface area contributed by atoms with Crippen LogP contribution < -0.4 is 4.90 Å². The number of rotatable bonds is 4. The average Bonchev–Trinajstić information content (AvgIpc) is 3.37. The smallest absolute Gasteiger partial charge is 0.176 e. The van der Waals surface area contributed by atoms with Crippen LogP contribution in [0.4, 0.5) is 10.2 Å². The maximum Gasteiger partial charge on any atom is 0.176 e. The molecule has 7 heteroatoms. The van der Waals surface area contributed by atoms with Crippen molar-refractivity contribution >= 4 is 22.6 Å².